The normalized spacial score (nSPS) is 35.5. The van der Waals surface area contributed by atoms with Gasteiger partial charge in [-0.15, -0.1) is 0 Å². The summed E-state index contributed by atoms with van der Waals surface area (Å²) in [5.41, 5.74) is 0.375. The maximum Gasteiger partial charge on any atom is 0.0306 e. The van der Waals surface area contributed by atoms with Crippen molar-refractivity contribution in [3.05, 3.63) is 0 Å². The minimum atomic E-state index is 0.375. The lowest BCUT2D eigenvalue weighted by Crippen LogP contribution is -2.66. The number of nitrogens with zero attached hydrogens (tertiary/aromatic N) is 1. The van der Waals surface area contributed by atoms with E-state index in [0.717, 1.165) is 12.0 Å². The summed E-state index contributed by atoms with van der Waals surface area (Å²) in [7, 11) is 0. The molecule has 2 unspecified atom stereocenters. The van der Waals surface area contributed by atoms with Gasteiger partial charge in [-0.05, 0) is 32.1 Å². The fourth-order valence-electron chi connectivity index (χ4n) is 3.88. The molecule has 1 heterocycles. The first kappa shape index (κ1) is 15.3. The fourth-order valence-corrected chi connectivity index (χ4v) is 3.88. The number of rotatable bonds is 3. The van der Waals surface area contributed by atoms with Gasteiger partial charge < -0.3 is 5.32 Å². The summed E-state index contributed by atoms with van der Waals surface area (Å²) in [6, 6.07) is 1.53. The van der Waals surface area contributed by atoms with Crippen molar-refractivity contribution in [2.75, 3.05) is 13.1 Å². The summed E-state index contributed by atoms with van der Waals surface area (Å²) < 4.78 is 0. The molecule has 2 aliphatic rings. The molecule has 1 aliphatic carbocycles. The quantitative estimate of drug-likeness (QED) is 0.782. The minimum Gasteiger partial charge on any atom is -0.311 e. The lowest BCUT2D eigenvalue weighted by atomic mass is 9.86. The highest BCUT2D eigenvalue weighted by molar-refractivity contribution is 4.98. The first-order valence-corrected chi connectivity index (χ1v) is 8.57. The summed E-state index contributed by atoms with van der Waals surface area (Å²) in [5, 5.41) is 3.80. The zero-order chi connectivity index (χ0) is 13.9. The van der Waals surface area contributed by atoms with Crippen molar-refractivity contribution in [1.82, 2.24) is 10.2 Å². The van der Waals surface area contributed by atoms with Crippen LogP contribution >= 0.6 is 0 Å². The van der Waals surface area contributed by atoms with E-state index in [1.807, 2.05) is 0 Å². The minimum absolute atomic E-state index is 0.375. The van der Waals surface area contributed by atoms with Gasteiger partial charge in [0, 0.05) is 30.7 Å². The van der Waals surface area contributed by atoms with Crippen LogP contribution in [0.2, 0.25) is 0 Å². The van der Waals surface area contributed by atoms with Gasteiger partial charge in [0.15, 0.2) is 0 Å². The van der Waals surface area contributed by atoms with Crippen LogP contribution in [0.4, 0.5) is 0 Å². The molecule has 0 spiro atoms. The van der Waals surface area contributed by atoms with Crippen molar-refractivity contribution in [1.29, 1.82) is 0 Å². The van der Waals surface area contributed by atoms with E-state index in [9.17, 15) is 0 Å². The third-order valence-corrected chi connectivity index (χ3v) is 5.66. The number of piperazine rings is 1. The number of hydrogen-bond donors (Lipinski definition) is 1. The molecule has 0 bridgehead atoms. The maximum atomic E-state index is 3.80. The van der Waals surface area contributed by atoms with E-state index in [1.54, 1.807) is 0 Å². The molecule has 1 saturated heterocycles. The van der Waals surface area contributed by atoms with E-state index >= 15 is 0 Å². The van der Waals surface area contributed by atoms with Crippen LogP contribution in [0.25, 0.3) is 0 Å². The third-order valence-electron chi connectivity index (χ3n) is 5.66. The second kappa shape index (κ2) is 6.58. The standard InChI is InChI=1S/C17H34N2/c1-5-17(4)13-18-16(14(2)3)12-19(17)15-10-8-6-7-9-11-15/h14-16,18H,5-13H2,1-4H3. The third kappa shape index (κ3) is 3.52. The van der Waals surface area contributed by atoms with Gasteiger partial charge in [0.25, 0.3) is 0 Å². The monoisotopic (exact) mass is 266 g/mol. The second-order valence-electron chi connectivity index (χ2n) is 7.38. The van der Waals surface area contributed by atoms with Gasteiger partial charge in [0.05, 0.1) is 0 Å². The largest absolute Gasteiger partial charge is 0.311 e. The highest BCUT2D eigenvalue weighted by Crippen LogP contribution is 2.32. The number of nitrogens with one attached hydrogen (secondary N) is 1. The topological polar surface area (TPSA) is 15.3 Å². The van der Waals surface area contributed by atoms with Gasteiger partial charge in [0.1, 0.15) is 0 Å². The molecule has 112 valence electrons. The second-order valence-corrected chi connectivity index (χ2v) is 7.38. The Bertz CT molecular complexity index is 268. The van der Waals surface area contributed by atoms with Crippen molar-refractivity contribution < 1.29 is 0 Å². The van der Waals surface area contributed by atoms with Crippen LogP contribution in [0.15, 0.2) is 0 Å². The molecule has 2 atom stereocenters. The Labute approximate surface area is 120 Å². The van der Waals surface area contributed by atoms with Crippen molar-refractivity contribution >= 4 is 0 Å². The molecule has 2 fully saturated rings. The van der Waals surface area contributed by atoms with Crippen molar-refractivity contribution in [2.45, 2.75) is 90.3 Å². The predicted octanol–water partition coefficient (Wildman–Crippen LogP) is 3.81. The summed E-state index contributed by atoms with van der Waals surface area (Å²) in [6.45, 7) is 12.0. The van der Waals surface area contributed by atoms with Crippen molar-refractivity contribution in [3.63, 3.8) is 0 Å². The summed E-state index contributed by atoms with van der Waals surface area (Å²) >= 11 is 0. The van der Waals surface area contributed by atoms with E-state index in [1.165, 1.54) is 58.0 Å². The zero-order valence-corrected chi connectivity index (χ0v) is 13.5. The molecule has 0 aromatic heterocycles. The van der Waals surface area contributed by atoms with Gasteiger partial charge in [-0.2, -0.15) is 0 Å². The summed E-state index contributed by atoms with van der Waals surface area (Å²) in [5.74, 6) is 0.745. The Hall–Kier alpha value is -0.0800. The Morgan fingerprint density at radius 1 is 1.16 bits per heavy atom. The fraction of sp³-hybridized carbons (Fsp3) is 1.00. The van der Waals surface area contributed by atoms with E-state index in [-0.39, 0.29) is 0 Å². The van der Waals surface area contributed by atoms with E-state index in [4.69, 9.17) is 0 Å². The van der Waals surface area contributed by atoms with Crippen LogP contribution in [0.5, 0.6) is 0 Å². The molecule has 0 aromatic carbocycles. The van der Waals surface area contributed by atoms with E-state index in [2.05, 4.69) is 37.9 Å². The van der Waals surface area contributed by atoms with Gasteiger partial charge in [0.2, 0.25) is 0 Å². The van der Waals surface area contributed by atoms with E-state index in [0.29, 0.717) is 11.6 Å². The molecule has 0 aromatic rings. The maximum absolute atomic E-state index is 3.80. The molecule has 2 heteroatoms. The first-order chi connectivity index (χ1) is 9.07. The molecule has 0 radical (unpaired) electrons. The SMILES string of the molecule is CCC1(C)CNC(C(C)C)CN1C1CCCCCC1. The van der Waals surface area contributed by atoms with E-state index < -0.39 is 0 Å². The predicted molar refractivity (Wildman–Crippen MR) is 83.5 cm³/mol. The van der Waals surface area contributed by atoms with Gasteiger partial charge in [-0.3, -0.25) is 4.90 Å². The number of hydrogen-bond acceptors (Lipinski definition) is 2. The smallest absolute Gasteiger partial charge is 0.0306 e. The van der Waals surface area contributed by atoms with Crippen molar-refractivity contribution in [3.8, 4) is 0 Å². The van der Waals surface area contributed by atoms with Gasteiger partial charge in [-0.25, -0.2) is 0 Å². The van der Waals surface area contributed by atoms with Crippen LogP contribution < -0.4 is 5.32 Å². The summed E-state index contributed by atoms with van der Waals surface area (Å²) in [6.07, 6.45) is 9.93. The molecule has 0 amide bonds. The Morgan fingerprint density at radius 2 is 1.79 bits per heavy atom. The molecule has 2 rings (SSSR count). The van der Waals surface area contributed by atoms with Crippen LogP contribution in [-0.4, -0.2) is 35.6 Å². The average molecular weight is 266 g/mol. The molecular formula is C17H34N2. The lowest BCUT2D eigenvalue weighted by molar-refractivity contribution is -0.00310. The molecule has 1 saturated carbocycles. The zero-order valence-electron chi connectivity index (χ0n) is 13.5. The summed E-state index contributed by atoms with van der Waals surface area (Å²) in [4.78, 5) is 2.89. The molecular weight excluding hydrogens is 232 g/mol. The highest BCUT2D eigenvalue weighted by Gasteiger charge is 2.40. The van der Waals surface area contributed by atoms with Crippen LogP contribution in [0, 0.1) is 5.92 Å². The molecule has 2 nitrogen and oxygen atoms in total. The first-order valence-electron chi connectivity index (χ1n) is 8.57. The van der Waals surface area contributed by atoms with Crippen LogP contribution in [0.1, 0.15) is 72.6 Å². The van der Waals surface area contributed by atoms with Gasteiger partial charge in [-0.1, -0.05) is 46.5 Å². The molecule has 19 heavy (non-hydrogen) atoms. The van der Waals surface area contributed by atoms with Crippen molar-refractivity contribution in [2.24, 2.45) is 5.92 Å². The molecule has 1 N–H and O–H groups in total. The highest BCUT2D eigenvalue weighted by atomic mass is 15.3. The molecule has 1 aliphatic heterocycles. The van der Waals surface area contributed by atoms with Crippen LogP contribution in [0.3, 0.4) is 0 Å². The Balaban J connectivity index is 2.10. The Morgan fingerprint density at radius 3 is 2.32 bits per heavy atom. The van der Waals surface area contributed by atoms with Gasteiger partial charge >= 0.3 is 0 Å². The average Bonchev–Trinajstić information content (AvgIpc) is 2.67. The van der Waals surface area contributed by atoms with Crippen LogP contribution in [-0.2, 0) is 0 Å². The lowest BCUT2D eigenvalue weighted by Gasteiger charge is -2.52. The Kier molecular flexibility index (Phi) is 5.30.